The first-order valence-electron chi connectivity index (χ1n) is 10.0. The van der Waals surface area contributed by atoms with E-state index in [0.29, 0.717) is 5.56 Å². The fraction of sp³-hybridized carbons (Fsp3) is 0.0800. The van der Waals surface area contributed by atoms with Gasteiger partial charge in [0.1, 0.15) is 18.2 Å². The van der Waals surface area contributed by atoms with Gasteiger partial charge in [-0.25, -0.2) is 4.79 Å². The summed E-state index contributed by atoms with van der Waals surface area (Å²) in [6.45, 7) is 0.0391. The summed E-state index contributed by atoms with van der Waals surface area (Å²) in [5, 5.41) is 20.8. The van der Waals surface area contributed by atoms with Crippen LogP contribution in [0.25, 0.3) is 6.08 Å². The number of benzene rings is 3. The van der Waals surface area contributed by atoms with E-state index in [1.54, 1.807) is 18.2 Å². The monoisotopic (exact) mass is 534 g/mol. The molecule has 0 fully saturated rings. The Balaban J connectivity index is 1.75. The molecule has 1 amide bonds. The van der Waals surface area contributed by atoms with Gasteiger partial charge in [-0.2, -0.15) is 18.4 Å². The Hall–Kier alpha value is -4.00. The Morgan fingerprint density at radius 1 is 1.06 bits per heavy atom. The molecule has 3 rings (SSSR count). The molecule has 0 bridgehead atoms. The summed E-state index contributed by atoms with van der Waals surface area (Å²) in [5.41, 5.74) is -0.418. The first kappa shape index (κ1) is 26.6. The zero-order valence-corrected chi connectivity index (χ0v) is 19.6. The van der Waals surface area contributed by atoms with Crippen molar-refractivity contribution in [2.45, 2.75) is 12.8 Å². The van der Waals surface area contributed by atoms with Crippen LogP contribution in [0.4, 0.5) is 18.9 Å². The van der Waals surface area contributed by atoms with Gasteiger partial charge in [0, 0.05) is 5.69 Å². The van der Waals surface area contributed by atoms with Gasteiger partial charge in [-0.1, -0.05) is 41.4 Å². The van der Waals surface area contributed by atoms with E-state index in [0.717, 1.165) is 18.2 Å². The molecule has 6 nitrogen and oxygen atoms in total. The van der Waals surface area contributed by atoms with Crippen molar-refractivity contribution in [3.8, 4) is 11.8 Å². The summed E-state index contributed by atoms with van der Waals surface area (Å²) < 4.78 is 44.3. The van der Waals surface area contributed by atoms with Crippen LogP contribution >= 0.6 is 23.2 Å². The number of nitriles is 1. The number of carbonyl (C=O) groups is 2. The highest BCUT2D eigenvalue weighted by atomic mass is 35.5. The Morgan fingerprint density at radius 2 is 1.69 bits per heavy atom. The number of alkyl halides is 3. The van der Waals surface area contributed by atoms with Gasteiger partial charge < -0.3 is 15.2 Å². The van der Waals surface area contributed by atoms with Crippen LogP contribution in [-0.4, -0.2) is 17.0 Å². The number of nitrogens with zero attached hydrogens (tertiary/aromatic N) is 1. The van der Waals surface area contributed by atoms with Crippen LogP contribution in [0.15, 0.2) is 66.2 Å². The molecule has 0 saturated heterocycles. The van der Waals surface area contributed by atoms with Gasteiger partial charge in [0.2, 0.25) is 0 Å². The summed E-state index contributed by atoms with van der Waals surface area (Å²) >= 11 is 12.5. The van der Waals surface area contributed by atoms with Gasteiger partial charge in [-0.3, -0.25) is 4.79 Å². The van der Waals surface area contributed by atoms with Crippen molar-refractivity contribution in [3.05, 3.63) is 98.5 Å². The van der Waals surface area contributed by atoms with Crippen LogP contribution in [0.2, 0.25) is 10.0 Å². The maximum absolute atomic E-state index is 12.9. The molecule has 3 aromatic carbocycles. The minimum absolute atomic E-state index is 0.0391. The quantitative estimate of drug-likeness (QED) is 0.255. The van der Waals surface area contributed by atoms with Gasteiger partial charge in [-0.05, 0) is 59.7 Å². The smallest absolute Gasteiger partial charge is 0.416 e. The number of nitrogens with one attached hydrogen (secondary N) is 1. The Morgan fingerprint density at radius 3 is 2.25 bits per heavy atom. The van der Waals surface area contributed by atoms with Crippen molar-refractivity contribution in [1.82, 2.24) is 0 Å². The van der Waals surface area contributed by atoms with Crippen molar-refractivity contribution in [3.63, 3.8) is 0 Å². The Labute approximate surface area is 213 Å². The van der Waals surface area contributed by atoms with Crippen LogP contribution in [0.3, 0.4) is 0 Å². The molecule has 0 atom stereocenters. The van der Waals surface area contributed by atoms with E-state index >= 15 is 0 Å². The average Bonchev–Trinajstić information content (AvgIpc) is 2.82. The number of carboxylic acid groups (broad SMARTS) is 1. The Bertz CT molecular complexity index is 1360. The van der Waals surface area contributed by atoms with E-state index in [1.807, 2.05) is 0 Å². The van der Waals surface area contributed by atoms with E-state index in [4.69, 9.17) is 33.0 Å². The predicted molar refractivity (Wildman–Crippen MR) is 128 cm³/mol. The normalized spacial score (nSPS) is 11.5. The lowest BCUT2D eigenvalue weighted by atomic mass is 10.1. The molecule has 0 aliphatic rings. The number of hydrogen-bond donors (Lipinski definition) is 2. The van der Waals surface area contributed by atoms with Gasteiger partial charge in [0.15, 0.2) is 5.75 Å². The number of amides is 1. The maximum atomic E-state index is 12.9. The third-order valence-electron chi connectivity index (χ3n) is 4.73. The molecule has 0 spiro atoms. The number of carbonyl (C=O) groups excluding carboxylic acids is 1. The summed E-state index contributed by atoms with van der Waals surface area (Å²) in [7, 11) is 0. The molecule has 0 radical (unpaired) electrons. The fourth-order valence-electron chi connectivity index (χ4n) is 2.99. The summed E-state index contributed by atoms with van der Waals surface area (Å²) in [5.74, 6) is -1.85. The molecule has 36 heavy (non-hydrogen) atoms. The van der Waals surface area contributed by atoms with Crippen LogP contribution in [0, 0.1) is 11.3 Å². The number of aromatic carboxylic acids is 1. The molecule has 2 N–H and O–H groups in total. The first-order valence-corrected chi connectivity index (χ1v) is 10.8. The molecule has 11 heteroatoms. The minimum atomic E-state index is -4.59. The topological polar surface area (TPSA) is 99.4 Å². The van der Waals surface area contributed by atoms with Crippen molar-refractivity contribution >= 4 is 46.8 Å². The predicted octanol–water partition coefficient (Wildman–Crippen LogP) is 6.84. The van der Waals surface area contributed by atoms with Crippen LogP contribution in [0.1, 0.15) is 27.0 Å². The van der Waals surface area contributed by atoms with Gasteiger partial charge >= 0.3 is 12.1 Å². The largest absolute Gasteiger partial charge is 0.486 e. The second-order valence-corrected chi connectivity index (χ2v) is 8.12. The van der Waals surface area contributed by atoms with E-state index < -0.39 is 29.2 Å². The number of halogens is 5. The second-order valence-electron chi connectivity index (χ2n) is 7.31. The molecule has 0 aliphatic heterocycles. The maximum Gasteiger partial charge on any atom is 0.416 e. The molecule has 3 aromatic rings. The minimum Gasteiger partial charge on any atom is -0.486 e. The third kappa shape index (κ3) is 6.78. The Kier molecular flexibility index (Phi) is 8.25. The molecule has 0 heterocycles. The summed E-state index contributed by atoms with van der Waals surface area (Å²) in [4.78, 5) is 23.4. The van der Waals surface area contributed by atoms with E-state index in [1.165, 1.54) is 36.4 Å². The fourth-order valence-corrected chi connectivity index (χ4v) is 3.60. The van der Waals surface area contributed by atoms with Crippen molar-refractivity contribution in [1.29, 1.82) is 5.26 Å². The SMILES string of the molecule is N#C/C(=C\c1cc(Cl)c(OCc2ccc(C(=O)O)cc2)c(Cl)c1)C(=O)Nc1cccc(C(F)(F)F)c1. The third-order valence-corrected chi connectivity index (χ3v) is 5.29. The number of carboxylic acids is 1. The van der Waals surface area contributed by atoms with E-state index in [2.05, 4.69) is 5.32 Å². The zero-order valence-electron chi connectivity index (χ0n) is 18.1. The van der Waals surface area contributed by atoms with E-state index in [9.17, 15) is 28.0 Å². The van der Waals surface area contributed by atoms with Crippen LogP contribution in [0.5, 0.6) is 5.75 Å². The van der Waals surface area contributed by atoms with Gasteiger partial charge in [0.05, 0.1) is 21.2 Å². The highest BCUT2D eigenvalue weighted by Crippen LogP contribution is 2.36. The zero-order chi connectivity index (χ0) is 26.5. The molecule has 0 aromatic heterocycles. The lowest BCUT2D eigenvalue weighted by Gasteiger charge is -2.12. The number of rotatable bonds is 7. The highest BCUT2D eigenvalue weighted by molar-refractivity contribution is 6.37. The van der Waals surface area contributed by atoms with E-state index in [-0.39, 0.29) is 39.2 Å². The number of ether oxygens (including phenoxy) is 1. The van der Waals surface area contributed by atoms with Crippen molar-refractivity contribution < 1.29 is 32.6 Å². The number of anilines is 1. The molecule has 0 aliphatic carbocycles. The van der Waals surface area contributed by atoms with Crippen LogP contribution < -0.4 is 10.1 Å². The standard InChI is InChI=1S/C25H15Cl2F3N2O4/c26-20-9-15(10-21(27)22(20)36-13-14-4-6-16(7-5-14)24(34)35)8-17(12-31)23(33)32-19-3-1-2-18(11-19)25(28,29)30/h1-11H,13H2,(H,32,33)(H,34,35)/b17-8+. The van der Waals surface area contributed by atoms with Crippen molar-refractivity contribution in [2.24, 2.45) is 0 Å². The summed E-state index contributed by atoms with van der Waals surface area (Å²) in [6, 6.07) is 14.5. The average molecular weight is 535 g/mol. The van der Waals surface area contributed by atoms with Gasteiger partial charge in [-0.15, -0.1) is 0 Å². The van der Waals surface area contributed by atoms with Crippen LogP contribution in [-0.2, 0) is 17.6 Å². The lowest BCUT2D eigenvalue weighted by molar-refractivity contribution is -0.137. The molecule has 0 unspecified atom stereocenters. The number of hydrogen-bond acceptors (Lipinski definition) is 4. The molecular weight excluding hydrogens is 520 g/mol. The van der Waals surface area contributed by atoms with Crippen molar-refractivity contribution in [2.75, 3.05) is 5.32 Å². The molecule has 0 saturated carbocycles. The lowest BCUT2D eigenvalue weighted by Crippen LogP contribution is -2.14. The first-order chi connectivity index (χ1) is 17.0. The molecular formula is C25H15Cl2F3N2O4. The second kappa shape index (κ2) is 11.2. The molecule has 184 valence electrons. The highest BCUT2D eigenvalue weighted by Gasteiger charge is 2.30. The van der Waals surface area contributed by atoms with Gasteiger partial charge in [0.25, 0.3) is 5.91 Å². The summed E-state index contributed by atoms with van der Waals surface area (Å²) in [6.07, 6.45) is -3.41.